The van der Waals surface area contributed by atoms with Crippen molar-refractivity contribution in [2.45, 2.75) is 44.8 Å². The van der Waals surface area contributed by atoms with Crippen LogP contribution in [0.3, 0.4) is 0 Å². The summed E-state index contributed by atoms with van der Waals surface area (Å²) in [7, 11) is 0. The number of hydrogen-bond donors (Lipinski definition) is 2. The van der Waals surface area contributed by atoms with Gasteiger partial charge in [0.1, 0.15) is 18.2 Å². The molecule has 1 aromatic carbocycles. The zero-order valence-corrected chi connectivity index (χ0v) is 14.2. The first-order valence-electron chi connectivity index (χ1n) is 8.66. The van der Waals surface area contributed by atoms with Gasteiger partial charge in [0, 0.05) is 25.6 Å². The number of halogens is 1. The molecule has 2 atom stereocenters. The van der Waals surface area contributed by atoms with Gasteiger partial charge < -0.3 is 20.1 Å². The predicted molar refractivity (Wildman–Crippen MR) is 90.4 cm³/mol. The Morgan fingerprint density at radius 1 is 1.38 bits per heavy atom. The Balaban J connectivity index is 1.61. The first-order chi connectivity index (χ1) is 11.6. The van der Waals surface area contributed by atoms with Crippen molar-refractivity contribution in [3.63, 3.8) is 0 Å². The average Bonchev–Trinajstić information content (AvgIpc) is 2.92. The summed E-state index contributed by atoms with van der Waals surface area (Å²) in [5, 5.41) is 13.1. The van der Waals surface area contributed by atoms with Gasteiger partial charge in [-0.25, -0.2) is 4.39 Å². The van der Waals surface area contributed by atoms with E-state index in [1.807, 2.05) is 11.8 Å². The minimum absolute atomic E-state index is 0.146. The number of ether oxygens (including phenoxy) is 1. The molecule has 2 rings (SSSR count). The Kier molecular flexibility index (Phi) is 7.46. The summed E-state index contributed by atoms with van der Waals surface area (Å²) < 4.78 is 18.3. The number of amides is 1. The van der Waals surface area contributed by atoms with Gasteiger partial charge in [-0.3, -0.25) is 4.79 Å². The Morgan fingerprint density at radius 3 is 2.83 bits per heavy atom. The summed E-state index contributed by atoms with van der Waals surface area (Å²) in [6.07, 6.45) is 2.54. The highest BCUT2D eigenvalue weighted by atomic mass is 19.1. The Hall–Kier alpha value is -1.66. The van der Waals surface area contributed by atoms with Gasteiger partial charge in [0.05, 0.1) is 6.10 Å². The van der Waals surface area contributed by atoms with Crippen LogP contribution in [0, 0.1) is 5.82 Å². The lowest BCUT2D eigenvalue weighted by molar-refractivity contribution is -0.130. The van der Waals surface area contributed by atoms with Crippen LogP contribution in [0.25, 0.3) is 0 Å². The van der Waals surface area contributed by atoms with Gasteiger partial charge in [0.15, 0.2) is 0 Å². The second-order valence-electron chi connectivity index (χ2n) is 6.14. The van der Waals surface area contributed by atoms with Crippen molar-refractivity contribution in [1.82, 2.24) is 10.2 Å². The third-order valence-electron chi connectivity index (χ3n) is 4.35. The van der Waals surface area contributed by atoms with Crippen molar-refractivity contribution in [3.8, 4) is 5.75 Å². The van der Waals surface area contributed by atoms with E-state index in [-0.39, 0.29) is 17.8 Å². The van der Waals surface area contributed by atoms with Crippen LogP contribution >= 0.6 is 0 Å². The van der Waals surface area contributed by atoms with E-state index in [9.17, 15) is 14.3 Å². The number of likely N-dealkylation sites (tertiary alicyclic amines) is 1. The number of nitrogens with one attached hydrogen (secondary N) is 1. The molecule has 0 bridgehead atoms. The summed E-state index contributed by atoms with van der Waals surface area (Å²) in [5.74, 6) is 0.524. The molecule has 1 heterocycles. The number of rotatable bonds is 10. The quantitative estimate of drug-likeness (QED) is 0.640. The standard InChI is InChI=1S/C18H27FN2O3/c1-2-16(22)13-21-15(5-8-18(21)23)9-10-20-11-12-24-17-6-3-14(19)4-7-17/h3-4,6-7,15-16,20,22H,2,5,8-13H2,1H3/t15-,16-/m0/s1. The molecule has 0 saturated carbocycles. The van der Waals surface area contributed by atoms with Crippen LogP contribution in [-0.4, -0.2) is 54.3 Å². The number of carbonyl (C=O) groups is 1. The molecule has 6 heteroatoms. The average molecular weight is 338 g/mol. The molecular formula is C18H27FN2O3. The van der Waals surface area contributed by atoms with E-state index in [0.29, 0.717) is 38.3 Å². The molecule has 0 spiro atoms. The van der Waals surface area contributed by atoms with Crippen LogP contribution in [-0.2, 0) is 4.79 Å². The maximum atomic E-state index is 12.8. The van der Waals surface area contributed by atoms with Gasteiger partial charge in [-0.15, -0.1) is 0 Å². The maximum absolute atomic E-state index is 12.8. The lowest BCUT2D eigenvalue weighted by atomic mass is 10.1. The fraction of sp³-hybridized carbons (Fsp3) is 0.611. The van der Waals surface area contributed by atoms with E-state index in [1.165, 1.54) is 12.1 Å². The van der Waals surface area contributed by atoms with Crippen LogP contribution in [0.5, 0.6) is 5.75 Å². The van der Waals surface area contributed by atoms with Gasteiger partial charge in [-0.05, 0) is 50.1 Å². The number of β-amino-alcohol motifs (C(OH)–C–C–N with tert-alkyl or cyclic N) is 1. The number of benzene rings is 1. The molecule has 1 aromatic rings. The Labute approximate surface area is 142 Å². The normalized spacial score (nSPS) is 18.9. The van der Waals surface area contributed by atoms with Crippen molar-refractivity contribution in [2.24, 2.45) is 0 Å². The first kappa shape index (κ1) is 18.7. The third-order valence-corrected chi connectivity index (χ3v) is 4.35. The fourth-order valence-electron chi connectivity index (χ4n) is 2.87. The van der Waals surface area contributed by atoms with Crippen LogP contribution < -0.4 is 10.1 Å². The summed E-state index contributed by atoms with van der Waals surface area (Å²) in [4.78, 5) is 13.7. The van der Waals surface area contributed by atoms with Gasteiger partial charge >= 0.3 is 0 Å². The van der Waals surface area contributed by atoms with E-state index < -0.39 is 6.10 Å². The first-order valence-corrected chi connectivity index (χ1v) is 8.66. The minimum Gasteiger partial charge on any atom is -0.492 e. The van der Waals surface area contributed by atoms with Crippen molar-refractivity contribution < 1.29 is 19.0 Å². The maximum Gasteiger partial charge on any atom is 0.222 e. The number of nitrogens with zero attached hydrogens (tertiary/aromatic N) is 1. The van der Waals surface area contributed by atoms with E-state index in [2.05, 4.69) is 5.32 Å². The van der Waals surface area contributed by atoms with Crippen LogP contribution in [0.1, 0.15) is 32.6 Å². The van der Waals surface area contributed by atoms with Gasteiger partial charge in [-0.1, -0.05) is 6.92 Å². The highest BCUT2D eigenvalue weighted by Crippen LogP contribution is 2.21. The summed E-state index contributed by atoms with van der Waals surface area (Å²) in [6.45, 7) is 4.35. The van der Waals surface area contributed by atoms with E-state index in [4.69, 9.17) is 4.74 Å². The second-order valence-corrected chi connectivity index (χ2v) is 6.14. The van der Waals surface area contributed by atoms with Crippen LogP contribution in [0.4, 0.5) is 4.39 Å². The van der Waals surface area contributed by atoms with Crippen molar-refractivity contribution in [2.75, 3.05) is 26.2 Å². The SMILES string of the molecule is CC[C@H](O)CN1C(=O)CC[C@H]1CCNCCOc1ccc(F)cc1. The van der Waals surface area contributed by atoms with Crippen molar-refractivity contribution >= 4 is 5.91 Å². The number of hydrogen-bond acceptors (Lipinski definition) is 4. The van der Waals surface area contributed by atoms with Gasteiger partial charge in [0.2, 0.25) is 5.91 Å². The predicted octanol–water partition coefficient (Wildman–Crippen LogP) is 1.95. The lowest BCUT2D eigenvalue weighted by Gasteiger charge is -2.27. The molecule has 1 fully saturated rings. The molecule has 0 aliphatic carbocycles. The number of aliphatic hydroxyl groups excluding tert-OH is 1. The number of aliphatic hydroxyl groups is 1. The molecule has 5 nitrogen and oxygen atoms in total. The summed E-state index contributed by atoms with van der Waals surface area (Å²) >= 11 is 0. The summed E-state index contributed by atoms with van der Waals surface area (Å²) in [6, 6.07) is 6.18. The Bertz CT molecular complexity index is 509. The van der Waals surface area contributed by atoms with E-state index in [1.54, 1.807) is 12.1 Å². The van der Waals surface area contributed by atoms with Crippen LogP contribution in [0.2, 0.25) is 0 Å². The van der Waals surface area contributed by atoms with Crippen LogP contribution in [0.15, 0.2) is 24.3 Å². The summed E-state index contributed by atoms with van der Waals surface area (Å²) in [5.41, 5.74) is 0. The smallest absolute Gasteiger partial charge is 0.222 e. The topological polar surface area (TPSA) is 61.8 Å². The highest BCUT2D eigenvalue weighted by molar-refractivity contribution is 5.78. The van der Waals surface area contributed by atoms with E-state index >= 15 is 0 Å². The highest BCUT2D eigenvalue weighted by Gasteiger charge is 2.31. The van der Waals surface area contributed by atoms with Gasteiger partial charge in [-0.2, -0.15) is 0 Å². The molecule has 1 aliphatic rings. The molecule has 0 unspecified atom stereocenters. The molecule has 1 amide bonds. The molecular weight excluding hydrogens is 311 g/mol. The largest absolute Gasteiger partial charge is 0.492 e. The minimum atomic E-state index is -0.438. The second kappa shape index (κ2) is 9.59. The fourth-order valence-corrected chi connectivity index (χ4v) is 2.87. The van der Waals surface area contributed by atoms with Crippen molar-refractivity contribution in [3.05, 3.63) is 30.1 Å². The lowest BCUT2D eigenvalue weighted by Crippen LogP contribution is -2.40. The van der Waals surface area contributed by atoms with Gasteiger partial charge in [0.25, 0.3) is 0 Å². The zero-order chi connectivity index (χ0) is 17.4. The molecule has 134 valence electrons. The molecule has 1 saturated heterocycles. The monoisotopic (exact) mass is 338 g/mol. The molecule has 0 aromatic heterocycles. The van der Waals surface area contributed by atoms with Crippen molar-refractivity contribution in [1.29, 1.82) is 0 Å². The molecule has 0 radical (unpaired) electrons. The zero-order valence-electron chi connectivity index (χ0n) is 14.2. The molecule has 24 heavy (non-hydrogen) atoms. The number of carbonyl (C=O) groups excluding carboxylic acids is 1. The third kappa shape index (κ3) is 5.76. The van der Waals surface area contributed by atoms with E-state index in [0.717, 1.165) is 19.4 Å². The Morgan fingerprint density at radius 2 is 2.12 bits per heavy atom. The molecule has 2 N–H and O–H groups in total. The molecule has 1 aliphatic heterocycles.